The number of halogens is 1. The van der Waals surface area contributed by atoms with Crippen molar-refractivity contribution in [3.05, 3.63) is 52.3 Å². The molecule has 0 aliphatic heterocycles. The molecule has 3 nitrogen and oxygen atoms in total. The first-order valence-corrected chi connectivity index (χ1v) is 7.63. The Balaban J connectivity index is 1.82. The fraction of sp³-hybridized carbons (Fsp3) is 0.312. The standard InChI is InChI=1S/C16H17BrN2O/c1-11-15(3-2-8-18-11)20-16-7-4-13(17)9-12(16)10-19-14-5-6-14/h2-4,7-9,14,19H,5-6,10H2,1H3. The highest BCUT2D eigenvalue weighted by Crippen LogP contribution is 2.30. The van der Waals surface area contributed by atoms with Crippen LogP contribution >= 0.6 is 15.9 Å². The Morgan fingerprint density at radius 3 is 2.90 bits per heavy atom. The largest absolute Gasteiger partial charge is 0.455 e. The molecule has 0 spiro atoms. The summed E-state index contributed by atoms with van der Waals surface area (Å²) in [6, 6.07) is 10.6. The predicted octanol–water partition coefficient (Wildman–Crippen LogP) is 4.20. The number of aryl methyl sites for hydroxylation is 1. The number of pyridine rings is 1. The molecule has 0 saturated heterocycles. The molecule has 2 aromatic rings. The molecule has 0 bridgehead atoms. The lowest BCUT2D eigenvalue weighted by molar-refractivity contribution is 0.466. The van der Waals surface area contributed by atoms with Crippen LogP contribution < -0.4 is 10.1 Å². The average Bonchev–Trinajstić information content (AvgIpc) is 3.25. The van der Waals surface area contributed by atoms with Crippen molar-refractivity contribution in [1.29, 1.82) is 0 Å². The molecular formula is C16H17BrN2O. The number of benzene rings is 1. The Labute approximate surface area is 127 Å². The van der Waals surface area contributed by atoms with Gasteiger partial charge in [0.2, 0.25) is 0 Å². The Kier molecular flexibility index (Phi) is 4.03. The maximum atomic E-state index is 6.02. The zero-order valence-corrected chi connectivity index (χ0v) is 13.0. The fourth-order valence-corrected chi connectivity index (χ4v) is 2.43. The average molecular weight is 333 g/mol. The Hall–Kier alpha value is -1.39. The molecule has 1 aliphatic carbocycles. The summed E-state index contributed by atoms with van der Waals surface area (Å²) in [6.07, 6.45) is 4.34. The van der Waals surface area contributed by atoms with E-state index in [0.717, 1.165) is 33.8 Å². The summed E-state index contributed by atoms with van der Waals surface area (Å²) in [7, 11) is 0. The van der Waals surface area contributed by atoms with Gasteiger partial charge >= 0.3 is 0 Å². The second kappa shape index (κ2) is 5.94. The molecule has 0 radical (unpaired) electrons. The quantitative estimate of drug-likeness (QED) is 0.891. The third-order valence-electron chi connectivity index (χ3n) is 3.36. The normalized spacial score (nSPS) is 14.3. The summed E-state index contributed by atoms with van der Waals surface area (Å²) >= 11 is 3.52. The van der Waals surface area contributed by atoms with E-state index < -0.39 is 0 Å². The topological polar surface area (TPSA) is 34.1 Å². The smallest absolute Gasteiger partial charge is 0.148 e. The van der Waals surface area contributed by atoms with E-state index in [1.165, 1.54) is 12.8 Å². The molecule has 1 fully saturated rings. The minimum atomic E-state index is 0.682. The maximum Gasteiger partial charge on any atom is 0.148 e. The highest BCUT2D eigenvalue weighted by molar-refractivity contribution is 9.10. The number of hydrogen-bond donors (Lipinski definition) is 1. The van der Waals surface area contributed by atoms with E-state index in [2.05, 4.69) is 32.3 Å². The summed E-state index contributed by atoms with van der Waals surface area (Å²) in [5.74, 6) is 1.69. The highest BCUT2D eigenvalue weighted by Gasteiger charge is 2.20. The van der Waals surface area contributed by atoms with E-state index in [1.54, 1.807) is 6.20 Å². The van der Waals surface area contributed by atoms with Gasteiger partial charge in [0.1, 0.15) is 11.5 Å². The van der Waals surface area contributed by atoms with Gasteiger partial charge in [-0.05, 0) is 50.1 Å². The zero-order valence-electron chi connectivity index (χ0n) is 11.4. The fourth-order valence-electron chi connectivity index (χ4n) is 2.02. The summed E-state index contributed by atoms with van der Waals surface area (Å²) in [6.45, 7) is 2.79. The van der Waals surface area contributed by atoms with Crippen molar-refractivity contribution in [2.24, 2.45) is 0 Å². The first-order valence-electron chi connectivity index (χ1n) is 6.83. The van der Waals surface area contributed by atoms with Crippen molar-refractivity contribution in [3.63, 3.8) is 0 Å². The van der Waals surface area contributed by atoms with Crippen LogP contribution in [0.3, 0.4) is 0 Å². The Morgan fingerprint density at radius 1 is 1.30 bits per heavy atom. The number of nitrogens with one attached hydrogen (secondary N) is 1. The van der Waals surface area contributed by atoms with Gasteiger partial charge in [-0.3, -0.25) is 4.98 Å². The maximum absolute atomic E-state index is 6.02. The van der Waals surface area contributed by atoms with Crippen LogP contribution in [0.2, 0.25) is 0 Å². The summed E-state index contributed by atoms with van der Waals surface area (Å²) in [4.78, 5) is 4.26. The lowest BCUT2D eigenvalue weighted by Gasteiger charge is -2.13. The second-order valence-corrected chi connectivity index (χ2v) is 6.01. The van der Waals surface area contributed by atoms with Crippen molar-refractivity contribution < 1.29 is 4.74 Å². The van der Waals surface area contributed by atoms with Crippen LogP contribution in [0.25, 0.3) is 0 Å². The second-order valence-electron chi connectivity index (χ2n) is 5.10. The van der Waals surface area contributed by atoms with E-state index in [0.29, 0.717) is 6.04 Å². The Morgan fingerprint density at radius 2 is 2.15 bits per heavy atom. The first kappa shape index (κ1) is 13.6. The van der Waals surface area contributed by atoms with Gasteiger partial charge in [-0.2, -0.15) is 0 Å². The van der Waals surface area contributed by atoms with Crippen LogP contribution in [0, 0.1) is 6.92 Å². The van der Waals surface area contributed by atoms with Gasteiger partial charge in [-0.1, -0.05) is 15.9 Å². The number of rotatable bonds is 5. The molecular weight excluding hydrogens is 316 g/mol. The minimum absolute atomic E-state index is 0.682. The van der Waals surface area contributed by atoms with Gasteiger partial charge in [0.25, 0.3) is 0 Å². The summed E-state index contributed by atoms with van der Waals surface area (Å²) in [5.41, 5.74) is 2.06. The van der Waals surface area contributed by atoms with E-state index in [-0.39, 0.29) is 0 Å². The number of hydrogen-bond acceptors (Lipinski definition) is 3. The third kappa shape index (κ3) is 3.38. The van der Waals surface area contributed by atoms with E-state index in [9.17, 15) is 0 Å². The van der Waals surface area contributed by atoms with Gasteiger partial charge in [0, 0.05) is 28.8 Å². The van der Waals surface area contributed by atoms with Gasteiger partial charge in [0.05, 0.1) is 5.69 Å². The van der Waals surface area contributed by atoms with Gasteiger partial charge < -0.3 is 10.1 Å². The Bertz CT molecular complexity index is 611. The van der Waals surface area contributed by atoms with Crippen LogP contribution in [0.5, 0.6) is 11.5 Å². The number of aromatic nitrogens is 1. The van der Waals surface area contributed by atoms with Crippen LogP contribution in [-0.4, -0.2) is 11.0 Å². The van der Waals surface area contributed by atoms with E-state index in [4.69, 9.17) is 4.74 Å². The molecule has 1 N–H and O–H groups in total. The van der Waals surface area contributed by atoms with Crippen molar-refractivity contribution >= 4 is 15.9 Å². The van der Waals surface area contributed by atoms with Gasteiger partial charge in [-0.25, -0.2) is 0 Å². The van der Waals surface area contributed by atoms with Crippen molar-refractivity contribution in [3.8, 4) is 11.5 Å². The third-order valence-corrected chi connectivity index (χ3v) is 3.85. The lowest BCUT2D eigenvalue weighted by atomic mass is 10.2. The molecule has 1 saturated carbocycles. The van der Waals surface area contributed by atoms with Gasteiger partial charge in [0.15, 0.2) is 0 Å². The molecule has 0 atom stereocenters. The summed E-state index contributed by atoms with van der Waals surface area (Å²) in [5, 5.41) is 3.52. The SMILES string of the molecule is Cc1ncccc1Oc1ccc(Br)cc1CNC1CC1. The molecule has 20 heavy (non-hydrogen) atoms. The summed E-state index contributed by atoms with van der Waals surface area (Å²) < 4.78 is 7.09. The van der Waals surface area contributed by atoms with Crippen LogP contribution in [0.4, 0.5) is 0 Å². The monoisotopic (exact) mass is 332 g/mol. The molecule has 3 rings (SSSR count). The molecule has 0 unspecified atom stereocenters. The number of nitrogens with zero attached hydrogens (tertiary/aromatic N) is 1. The molecule has 1 aliphatic rings. The molecule has 1 heterocycles. The first-order chi connectivity index (χ1) is 9.72. The van der Waals surface area contributed by atoms with Crippen molar-refractivity contribution in [2.75, 3.05) is 0 Å². The molecule has 104 valence electrons. The van der Waals surface area contributed by atoms with E-state index in [1.807, 2.05) is 31.2 Å². The molecule has 1 aromatic carbocycles. The van der Waals surface area contributed by atoms with E-state index >= 15 is 0 Å². The van der Waals surface area contributed by atoms with Crippen LogP contribution in [0.1, 0.15) is 24.1 Å². The van der Waals surface area contributed by atoms with Crippen LogP contribution in [-0.2, 0) is 6.54 Å². The zero-order chi connectivity index (χ0) is 13.9. The van der Waals surface area contributed by atoms with Gasteiger partial charge in [-0.15, -0.1) is 0 Å². The predicted molar refractivity (Wildman–Crippen MR) is 83.1 cm³/mol. The molecule has 0 amide bonds. The van der Waals surface area contributed by atoms with Crippen molar-refractivity contribution in [1.82, 2.24) is 10.3 Å². The van der Waals surface area contributed by atoms with Crippen molar-refractivity contribution in [2.45, 2.75) is 32.4 Å². The number of ether oxygens (including phenoxy) is 1. The van der Waals surface area contributed by atoms with Crippen LogP contribution in [0.15, 0.2) is 41.0 Å². The minimum Gasteiger partial charge on any atom is -0.455 e. The highest BCUT2D eigenvalue weighted by atomic mass is 79.9. The lowest BCUT2D eigenvalue weighted by Crippen LogP contribution is -2.15. The molecule has 1 aromatic heterocycles. The molecule has 4 heteroatoms.